The quantitative estimate of drug-likeness (QED) is 0.268. The van der Waals surface area contributed by atoms with E-state index in [0.29, 0.717) is 0 Å². The number of nitro benzene ring substituents is 1. The van der Waals surface area contributed by atoms with Gasteiger partial charge in [-0.2, -0.15) is 0 Å². The second-order valence-corrected chi connectivity index (χ2v) is 2.81. The van der Waals surface area contributed by atoms with Crippen LogP contribution < -0.4 is 10.5 Å². The molecule has 15 heavy (non-hydrogen) atoms. The van der Waals surface area contributed by atoms with Crippen molar-refractivity contribution in [1.82, 2.24) is 0 Å². The Kier molecular flexibility index (Phi) is 3.22. The highest BCUT2D eigenvalue weighted by Crippen LogP contribution is 2.26. The minimum Gasteiger partial charge on any atom is -0.426 e. The average molecular weight is 210 g/mol. The van der Waals surface area contributed by atoms with Crippen LogP contribution >= 0.6 is 0 Å². The number of ether oxygens (including phenoxy) is 1. The fraction of sp³-hybridized carbons (Fsp3) is 0.222. The lowest BCUT2D eigenvalue weighted by molar-refractivity contribution is -0.383. The number of nitro groups is 1. The third-order valence-electron chi connectivity index (χ3n) is 1.72. The van der Waals surface area contributed by atoms with Crippen molar-refractivity contribution in [3.05, 3.63) is 28.3 Å². The second-order valence-electron chi connectivity index (χ2n) is 2.81. The molecule has 0 aliphatic heterocycles. The van der Waals surface area contributed by atoms with Crippen molar-refractivity contribution >= 4 is 17.3 Å². The van der Waals surface area contributed by atoms with Crippen molar-refractivity contribution in [2.45, 2.75) is 13.3 Å². The van der Waals surface area contributed by atoms with E-state index < -0.39 is 10.9 Å². The summed E-state index contributed by atoms with van der Waals surface area (Å²) in [6.07, 6.45) is 0.233. The van der Waals surface area contributed by atoms with E-state index in [4.69, 9.17) is 10.5 Å². The van der Waals surface area contributed by atoms with Gasteiger partial charge in [-0.3, -0.25) is 14.9 Å². The van der Waals surface area contributed by atoms with Gasteiger partial charge in [0.25, 0.3) is 5.69 Å². The van der Waals surface area contributed by atoms with Crippen LogP contribution in [0.15, 0.2) is 18.2 Å². The first-order valence-corrected chi connectivity index (χ1v) is 4.29. The Bertz CT molecular complexity index is 403. The minimum atomic E-state index is -0.596. The lowest BCUT2D eigenvalue weighted by Gasteiger charge is -2.03. The zero-order valence-corrected chi connectivity index (χ0v) is 8.10. The Hall–Kier alpha value is -2.11. The highest BCUT2D eigenvalue weighted by atomic mass is 16.6. The molecule has 0 fully saturated rings. The number of benzene rings is 1. The Morgan fingerprint density at radius 3 is 2.73 bits per heavy atom. The summed E-state index contributed by atoms with van der Waals surface area (Å²) in [7, 11) is 0. The van der Waals surface area contributed by atoms with Crippen LogP contribution in [0.25, 0.3) is 0 Å². The molecule has 0 amide bonds. The lowest BCUT2D eigenvalue weighted by atomic mass is 10.2. The maximum absolute atomic E-state index is 10.9. The van der Waals surface area contributed by atoms with Crippen LogP contribution in [0.4, 0.5) is 11.4 Å². The summed E-state index contributed by atoms with van der Waals surface area (Å²) in [5.74, 6) is -0.201. The van der Waals surface area contributed by atoms with E-state index in [2.05, 4.69) is 0 Å². The Morgan fingerprint density at radius 2 is 2.27 bits per heavy atom. The molecule has 0 unspecified atom stereocenters. The fourth-order valence-corrected chi connectivity index (χ4v) is 0.966. The fourth-order valence-electron chi connectivity index (χ4n) is 0.966. The van der Waals surface area contributed by atoms with Gasteiger partial charge in [0.2, 0.25) is 0 Å². The molecule has 0 radical (unpaired) electrons. The van der Waals surface area contributed by atoms with Crippen molar-refractivity contribution in [1.29, 1.82) is 0 Å². The molecular formula is C9H10N2O4. The first kappa shape index (κ1) is 11.0. The molecule has 0 aliphatic carbocycles. The van der Waals surface area contributed by atoms with Crippen molar-refractivity contribution < 1.29 is 14.5 Å². The number of nitrogens with two attached hydrogens (primary N) is 1. The van der Waals surface area contributed by atoms with E-state index in [1.54, 1.807) is 6.92 Å². The Morgan fingerprint density at radius 1 is 1.60 bits per heavy atom. The van der Waals surface area contributed by atoms with E-state index in [1.807, 2.05) is 0 Å². The highest BCUT2D eigenvalue weighted by Gasteiger charge is 2.12. The maximum Gasteiger partial charge on any atom is 0.310 e. The molecular weight excluding hydrogens is 200 g/mol. The highest BCUT2D eigenvalue weighted by molar-refractivity contribution is 5.73. The second kappa shape index (κ2) is 4.41. The van der Waals surface area contributed by atoms with E-state index in [0.717, 1.165) is 0 Å². The van der Waals surface area contributed by atoms with E-state index in [1.165, 1.54) is 18.2 Å². The number of nitrogens with zero attached hydrogens (tertiary/aromatic N) is 1. The molecule has 0 heterocycles. The monoisotopic (exact) mass is 210 g/mol. The molecule has 0 aromatic heterocycles. The molecule has 0 saturated heterocycles. The van der Waals surface area contributed by atoms with Crippen molar-refractivity contribution in [3.8, 4) is 5.75 Å². The number of hydrogen-bond acceptors (Lipinski definition) is 5. The summed E-state index contributed by atoms with van der Waals surface area (Å²) in [5.41, 5.74) is 5.18. The number of hydrogen-bond donors (Lipinski definition) is 1. The van der Waals surface area contributed by atoms with E-state index in [9.17, 15) is 14.9 Å². The minimum absolute atomic E-state index is 0.0265. The number of anilines is 1. The maximum atomic E-state index is 10.9. The molecule has 2 N–H and O–H groups in total. The summed E-state index contributed by atoms with van der Waals surface area (Å²) in [4.78, 5) is 20.7. The summed E-state index contributed by atoms with van der Waals surface area (Å²) in [6.45, 7) is 1.65. The molecule has 0 aliphatic rings. The largest absolute Gasteiger partial charge is 0.426 e. The van der Waals surface area contributed by atoms with Gasteiger partial charge < -0.3 is 10.5 Å². The van der Waals surface area contributed by atoms with Crippen LogP contribution in [-0.4, -0.2) is 10.9 Å². The smallest absolute Gasteiger partial charge is 0.310 e. The number of nitrogen functional groups attached to an aromatic ring is 1. The Balaban J connectivity index is 2.91. The van der Waals surface area contributed by atoms with Crippen LogP contribution in [0.2, 0.25) is 0 Å². The molecule has 0 atom stereocenters. The van der Waals surface area contributed by atoms with Crippen molar-refractivity contribution in [2.75, 3.05) is 5.73 Å². The first-order chi connectivity index (χ1) is 7.04. The summed E-state index contributed by atoms with van der Waals surface area (Å²) < 4.78 is 4.84. The molecule has 0 spiro atoms. The molecule has 0 saturated carbocycles. The number of rotatable bonds is 3. The predicted octanol–water partition coefficient (Wildman–Crippen LogP) is 1.49. The van der Waals surface area contributed by atoms with Gasteiger partial charge in [0.15, 0.2) is 0 Å². The van der Waals surface area contributed by atoms with Crippen LogP contribution in [-0.2, 0) is 4.79 Å². The van der Waals surface area contributed by atoms with Gasteiger partial charge in [-0.25, -0.2) is 0 Å². The van der Waals surface area contributed by atoms with Crippen molar-refractivity contribution in [3.63, 3.8) is 0 Å². The van der Waals surface area contributed by atoms with Crippen LogP contribution in [0.1, 0.15) is 13.3 Å². The van der Waals surface area contributed by atoms with E-state index in [-0.39, 0.29) is 23.5 Å². The third kappa shape index (κ3) is 2.67. The van der Waals surface area contributed by atoms with Gasteiger partial charge >= 0.3 is 5.97 Å². The summed E-state index contributed by atoms with van der Waals surface area (Å²) in [5, 5.41) is 10.4. The Labute approximate surface area is 85.8 Å². The van der Waals surface area contributed by atoms with Crippen LogP contribution in [0.5, 0.6) is 5.75 Å². The van der Waals surface area contributed by atoms with Crippen LogP contribution in [0, 0.1) is 10.1 Å². The molecule has 6 nitrogen and oxygen atoms in total. The molecule has 1 aromatic carbocycles. The SMILES string of the molecule is CCC(=O)Oc1ccc([N+](=O)[O-])c(N)c1. The van der Waals surface area contributed by atoms with E-state index >= 15 is 0 Å². The van der Waals surface area contributed by atoms with Gasteiger partial charge in [0.1, 0.15) is 11.4 Å². The molecule has 1 aromatic rings. The van der Waals surface area contributed by atoms with Gasteiger partial charge in [0.05, 0.1) is 4.92 Å². The summed E-state index contributed by atoms with van der Waals surface area (Å²) in [6, 6.07) is 3.79. The molecule has 1 rings (SSSR count). The zero-order valence-electron chi connectivity index (χ0n) is 8.10. The summed E-state index contributed by atoms with van der Waals surface area (Å²) >= 11 is 0. The van der Waals surface area contributed by atoms with Gasteiger partial charge in [0, 0.05) is 18.6 Å². The predicted molar refractivity (Wildman–Crippen MR) is 53.4 cm³/mol. The molecule has 80 valence electrons. The standard InChI is InChI=1S/C9H10N2O4/c1-2-9(12)15-6-3-4-8(11(13)14)7(10)5-6/h3-5H,2,10H2,1H3. The molecule has 6 heteroatoms. The van der Waals surface area contributed by atoms with Crippen LogP contribution in [0.3, 0.4) is 0 Å². The zero-order chi connectivity index (χ0) is 11.4. The first-order valence-electron chi connectivity index (χ1n) is 4.29. The van der Waals surface area contributed by atoms with Crippen molar-refractivity contribution in [2.24, 2.45) is 0 Å². The molecule has 0 bridgehead atoms. The topological polar surface area (TPSA) is 95.5 Å². The normalized spacial score (nSPS) is 9.67. The number of carbonyl (C=O) groups excluding carboxylic acids is 1. The van der Waals surface area contributed by atoms with Gasteiger partial charge in [-0.15, -0.1) is 0 Å². The third-order valence-corrected chi connectivity index (χ3v) is 1.72. The number of carbonyl (C=O) groups is 1. The lowest BCUT2D eigenvalue weighted by Crippen LogP contribution is -2.06. The number of esters is 1. The van der Waals surface area contributed by atoms with Gasteiger partial charge in [-0.05, 0) is 6.07 Å². The average Bonchev–Trinajstić information content (AvgIpc) is 2.17. The van der Waals surface area contributed by atoms with Gasteiger partial charge in [-0.1, -0.05) is 6.92 Å².